The molecule has 0 aromatic heterocycles. The van der Waals surface area contributed by atoms with Gasteiger partial charge in [-0.05, 0) is 18.6 Å². The van der Waals surface area contributed by atoms with Gasteiger partial charge < -0.3 is 9.64 Å². The summed E-state index contributed by atoms with van der Waals surface area (Å²) in [5.74, 6) is 0. The molecule has 1 heterocycles. The number of rotatable bonds is 2. The van der Waals surface area contributed by atoms with Gasteiger partial charge in [-0.25, -0.2) is 0 Å². The molecule has 0 aliphatic carbocycles. The first-order chi connectivity index (χ1) is 9.02. The van der Waals surface area contributed by atoms with Crippen molar-refractivity contribution in [1.82, 2.24) is 0 Å². The number of benzene rings is 1. The second kappa shape index (κ2) is 5.43. The van der Waals surface area contributed by atoms with E-state index in [2.05, 4.69) is 6.07 Å². The summed E-state index contributed by atoms with van der Waals surface area (Å²) in [5.41, 5.74) is 1.46. The van der Waals surface area contributed by atoms with Crippen molar-refractivity contribution in [2.75, 3.05) is 24.6 Å². The first-order valence-corrected chi connectivity index (χ1v) is 6.11. The van der Waals surface area contributed by atoms with E-state index in [1.807, 2.05) is 4.90 Å². The van der Waals surface area contributed by atoms with E-state index >= 15 is 0 Å². The van der Waals surface area contributed by atoms with Crippen molar-refractivity contribution < 1.29 is 9.66 Å². The minimum absolute atomic E-state index is 0.102. The van der Waals surface area contributed by atoms with E-state index in [1.54, 1.807) is 13.0 Å². The quantitative estimate of drug-likeness (QED) is 0.614. The van der Waals surface area contributed by atoms with Crippen LogP contribution in [0.4, 0.5) is 11.4 Å². The van der Waals surface area contributed by atoms with Gasteiger partial charge in [0.25, 0.3) is 5.69 Å². The summed E-state index contributed by atoms with van der Waals surface area (Å²) in [6.45, 7) is 3.31. The highest BCUT2D eigenvalue weighted by Gasteiger charge is 2.23. The van der Waals surface area contributed by atoms with Crippen LogP contribution < -0.4 is 4.90 Å². The molecule has 0 spiro atoms. The fraction of sp³-hybridized carbons (Fsp3) is 0.417. The summed E-state index contributed by atoms with van der Waals surface area (Å²) < 4.78 is 5.27. The van der Waals surface area contributed by atoms with E-state index in [-0.39, 0.29) is 10.7 Å². The number of ether oxygens (including phenoxy) is 1. The van der Waals surface area contributed by atoms with Crippen molar-refractivity contribution in [3.05, 3.63) is 32.8 Å². The molecule has 1 aromatic rings. The molecular weight excluding hydrogens is 270 g/mol. The number of morpholine rings is 1. The van der Waals surface area contributed by atoms with Crippen LogP contribution in [0.15, 0.2) is 12.1 Å². The van der Waals surface area contributed by atoms with Crippen molar-refractivity contribution in [3.63, 3.8) is 0 Å². The Morgan fingerprint density at radius 2 is 2.37 bits per heavy atom. The lowest BCUT2D eigenvalue weighted by atomic mass is 10.1. The Hall–Kier alpha value is -1.84. The number of aryl methyl sites for hydroxylation is 1. The summed E-state index contributed by atoms with van der Waals surface area (Å²) in [7, 11) is 0. The molecule has 1 saturated heterocycles. The first-order valence-electron chi connectivity index (χ1n) is 5.73. The minimum Gasteiger partial charge on any atom is -0.365 e. The maximum atomic E-state index is 10.8. The van der Waals surface area contributed by atoms with Gasteiger partial charge in [-0.2, -0.15) is 5.26 Å². The fourth-order valence-electron chi connectivity index (χ4n) is 2.08. The summed E-state index contributed by atoms with van der Waals surface area (Å²) in [5, 5.41) is 19.8. The molecule has 1 aliphatic heterocycles. The van der Waals surface area contributed by atoms with Crippen molar-refractivity contribution in [2.24, 2.45) is 0 Å². The van der Waals surface area contributed by atoms with Crippen molar-refractivity contribution in [3.8, 4) is 6.07 Å². The summed E-state index contributed by atoms with van der Waals surface area (Å²) in [6.07, 6.45) is -0.484. The highest BCUT2D eigenvalue weighted by molar-refractivity contribution is 6.33. The zero-order chi connectivity index (χ0) is 14.0. The average Bonchev–Trinajstić information content (AvgIpc) is 2.40. The summed E-state index contributed by atoms with van der Waals surface area (Å²) >= 11 is 5.92. The molecule has 1 aliphatic rings. The lowest BCUT2D eigenvalue weighted by Gasteiger charge is -2.32. The molecule has 0 bridgehead atoms. The van der Waals surface area contributed by atoms with E-state index in [9.17, 15) is 10.1 Å². The molecular formula is C12H12ClN3O3. The zero-order valence-corrected chi connectivity index (χ0v) is 11.1. The molecule has 100 valence electrons. The summed E-state index contributed by atoms with van der Waals surface area (Å²) in [4.78, 5) is 12.3. The van der Waals surface area contributed by atoms with Gasteiger partial charge in [0.15, 0.2) is 6.10 Å². The topological polar surface area (TPSA) is 79.4 Å². The van der Waals surface area contributed by atoms with Crippen LogP contribution in [-0.2, 0) is 4.74 Å². The number of anilines is 1. The van der Waals surface area contributed by atoms with Crippen molar-refractivity contribution in [2.45, 2.75) is 13.0 Å². The molecule has 1 aromatic carbocycles. The Balaban J connectivity index is 2.33. The smallest absolute Gasteiger partial charge is 0.288 e. The maximum Gasteiger partial charge on any atom is 0.288 e. The van der Waals surface area contributed by atoms with Gasteiger partial charge in [0.2, 0.25) is 0 Å². The molecule has 1 atom stereocenters. The van der Waals surface area contributed by atoms with Gasteiger partial charge in [-0.3, -0.25) is 10.1 Å². The van der Waals surface area contributed by atoms with Crippen LogP contribution in [0.3, 0.4) is 0 Å². The van der Waals surface area contributed by atoms with Crippen LogP contribution in [-0.4, -0.2) is 30.7 Å². The highest BCUT2D eigenvalue weighted by atomic mass is 35.5. The van der Waals surface area contributed by atoms with E-state index in [4.69, 9.17) is 21.6 Å². The third-order valence-electron chi connectivity index (χ3n) is 3.01. The van der Waals surface area contributed by atoms with Crippen LogP contribution >= 0.6 is 11.6 Å². The van der Waals surface area contributed by atoms with Crippen molar-refractivity contribution >= 4 is 23.0 Å². The lowest BCUT2D eigenvalue weighted by molar-refractivity contribution is -0.384. The predicted octanol–water partition coefficient (Wildman–Crippen LogP) is 2.29. The van der Waals surface area contributed by atoms with E-state index in [1.165, 1.54) is 6.07 Å². The largest absolute Gasteiger partial charge is 0.365 e. The van der Waals surface area contributed by atoms with E-state index in [0.29, 0.717) is 19.7 Å². The monoisotopic (exact) mass is 281 g/mol. The van der Waals surface area contributed by atoms with Gasteiger partial charge >= 0.3 is 0 Å². The van der Waals surface area contributed by atoms with Gasteiger partial charge in [0.05, 0.1) is 24.1 Å². The minimum atomic E-state index is -0.503. The van der Waals surface area contributed by atoms with Crippen LogP contribution in [0.2, 0.25) is 5.02 Å². The second-order valence-electron chi connectivity index (χ2n) is 4.28. The number of nitriles is 1. The predicted molar refractivity (Wildman–Crippen MR) is 70.4 cm³/mol. The number of hydrogen-bond acceptors (Lipinski definition) is 5. The Kier molecular flexibility index (Phi) is 3.88. The van der Waals surface area contributed by atoms with Gasteiger partial charge in [-0.15, -0.1) is 0 Å². The number of nitro benzene ring substituents is 1. The molecule has 19 heavy (non-hydrogen) atoms. The summed E-state index contributed by atoms with van der Waals surface area (Å²) in [6, 6.07) is 5.09. The molecule has 0 saturated carbocycles. The zero-order valence-electron chi connectivity index (χ0n) is 10.3. The van der Waals surface area contributed by atoms with E-state index in [0.717, 1.165) is 11.3 Å². The van der Waals surface area contributed by atoms with E-state index < -0.39 is 11.0 Å². The third kappa shape index (κ3) is 2.78. The fourth-order valence-corrected chi connectivity index (χ4v) is 2.31. The third-order valence-corrected chi connectivity index (χ3v) is 3.32. The molecule has 1 fully saturated rings. The number of halogens is 1. The maximum absolute atomic E-state index is 10.8. The Morgan fingerprint density at radius 3 is 3.00 bits per heavy atom. The van der Waals surface area contributed by atoms with Gasteiger partial charge in [0, 0.05) is 18.3 Å². The lowest BCUT2D eigenvalue weighted by Crippen LogP contribution is -2.42. The standard InChI is InChI=1S/C12H12ClN3O3/c1-8-4-12(16(17)18)10(13)5-11(8)15-2-3-19-9(6-14)7-15/h4-5,9H,2-3,7H2,1H3. The van der Waals surface area contributed by atoms with Crippen LogP contribution in [0.25, 0.3) is 0 Å². The van der Waals surface area contributed by atoms with Crippen molar-refractivity contribution in [1.29, 1.82) is 5.26 Å². The molecule has 7 heteroatoms. The molecule has 2 rings (SSSR count). The Bertz CT molecular complexity index is 556. The number of nitrogens with zero attached hydrogens (tertiary/aromatic N) is 3. The Labute approximate surface area is 115 Å². The van der Waals surface area contributed by atoms with Gasteiger partial charge in [0.1, 0.15) is 5.02 Å². The van der Waals surface area contributed by atoms with Gasteiger partial charge in [-0.1, -0.05) is 11.6 Å². The van der Waals surface area contributed by atoms with Crippen LogP contribution in [0, 0.1) is 28.4 Å². The molecule has 0 radical (unpaired) electrons. The SMILES string of the molecule is Cc1cc([N+](=O)[O-])c(Cl)cc1N1CCOC(C#N)C1. The second-order valence-corrected chi connectivity index (χ2v) is 4.69. The Morgan fingerprint density at radius 1 is 1.63 bits per heavy atom. The molecule has 0 amide bonds. The highest BCUT2D eigenvalue weighted by Crippen LogP contribution is 2.33. The number of nitro groups is 1. The molecule has 1 unspecified atom stereocenters. The normalized spacial score (nSPS) is 19.0. The van der Waals surface area contributed by atoms with Crippen LogP contribution in [0.5, 0.6) is 0 Å². The molecule has 6 nitrogen and oxygen atoms in total. The molecule has 0 N–H and O–H groups in total. The number of hydrogen-bond donors (Lipinski definition) is 0. The average molecular weight is 282 g/mol. The first kappa shape index (κ1) is 13.6. The van der Waals surface area contributed by atoms with Crippen LogP contribution in [0.1, 0.15) is 5.56 Å².